The van der Waals surface area contributed by atoms with E-state index in [4.69, 9.17) is 10.8 Å². The second-order valence-electron chi connectivity index (χ2n) is 3.21. The van der Waals surface area contributed by atoms with Crippen LogP contribution in [-0.2, 0) is 19.0 Å². The molecule has 0 bridgehead atoms. The van der Waals surface area contributed by atoms with Crippen LogP contribution in [0, 0.1) is 0 Å². The first-order valence-corrected chi connectivity index (χ1v) is 4.25. The summed E-state index contributed by atoms with van der Waals surface area (Å²) in [5.74, 6) is 0. The lowest BCUT2D eigenvalue weighted by Gasteiger charge is -2.19. The van der Waals surface area contributed by atoms with Crippen molar-refractivity contribution in [2.24, 2.45) is 0 Å². The van der Waals surface area contributed by atoms with Gasteiger partial charge in [0.25, 0.3) is 0 Å². The van der Waals surface area contributed by atoms with Crippen LogP contribution in [0.15, 0.2) is 12.1 Å². The Balaban J connectivity index is 3.64. The second-order valence-corrected chi connectivity index (χ2v) is 3.21. The Morgan fingerprint density at radius 1 is 1.00 bits per heavy atom. The van der Waals surface area contributed by atoms with Crippen LogP contribution in [-0.4, -0.2) is 5.11 Å². The van der Waals surface area contributed by atoms with Gasteiger partial charge in [0.15, 0.2) is 0 Å². The Labute approximate surface area is 91.7 Å². The maximum Gasteiger partial charge on any atom is 0.417 e. The second kappa shape index (κ2) is 4.10. The minimum atomic E-state index is -5.24. The van der Waals surface area contributed by atoms with Crippen molar-refractivity contribution in [2.75, 3.05) is 5.73 Å². The first-order chi connectivity index (χ1) is 7.59. The van der Waals surface area contributed by atoms with Crippen LogP contribution in [0.3, 0.4) is 0 Å². The van der Waals surface area contributed by atoms with Gasteiger partial charge >= 0.3 is 12.4 Å². The highest BCUT2D eigenvalue weighted by Gasteiger charge is 2.45. The topological polar surface area (TPSA) is 46.2 Å². The van der Waals surface area contributed by atoms with Gasteiger partial charge in [0, 0.05) is 11.3 Å². The molecule has 2 nitrogen and oxygen atoms in total. The molecule has 0 aromatic heterocycles. The highest BCUT2D eigenvalue weighted by molar-refractivity contribution is 5.55. The van der Waals surface area contributed by atoms with Crippen molar-refractivity contribution in [3.05, 3.63) is 28.8 Å². The summed E-state index contributed by atoms with van der Waals surface area (Å²) in [4.78, 5) is 0. The number of hydrogen-bond acceptors (Lipinski definition) is 2. The molecule has 1 aromatic rings. The Morgan fingerprint density at radius 3 is 1.88 bits per heavy atom. The number of nitrogens with two attached hydrogens (primary N) is 1. The van der Waals surface area contributed by atoms with Crippen molar-refractivity contribution in [1.29, 1.82) is 0 Å². The molecule has 0 aliphatic heterocycles. The quantitative estimate of drug-likeness (QED) is 0.601. The van der Waals surface area contributed by atoms with Gasteiger partial charge in [-0.05, 0) is 12.1 Å². The molecule has 3 N–H and O–H groups in total. The molecule has 0 aliphatic rings. The number of aliphatic hydroxyl groups is 1. The zero-order valence-electron chi connectivity index (χ0n) is 8.15. The van der Waals surface area contributed by atoms with Crippen LogP contribution in [0.4, 0.5) is 32.0 Å². The minimum Gasteiger partial charge on any atom is -0.398 e. The van der Waals surface area contributed by atoms with Gasteiger partial charge in [-0.3, -0.25) is 0 Å². The van der Waals surface area contributed by atoms with E-state index in [0.717, 1.165) is 0 Å². The first-order valence-electron chi connectivity index (χ1n) is 4.25. The molecule has 0 spiro atoms. The van der Waals surface area contributed by atoms with Crippen LogP contribution in [0.5, 0.6) is 0 Å². The number of halogens is 6. The third kappa shape index (κ3) is 2.63. The summed E-state index contributed by atoms with van der Waals surface area (Å²) >= 11 is 0. The largest absolute Gasteiger partial charge is 0.417 e. The summed E-state index contributed by atoms with van der Waals surface area (Å²) in [7, 11) is 0. The molecule has 0 atom stereocenters. The lowest BCUT2D eigenvalue weighted by molar-refractivity contribution is -0.162. The van der Waals surface area contributed by atoms with E-state index in [0.29, 0.717) is 6.07 Å². The fraction of sp³-hybridized carbons (Fsp3) is 0.333. The normalized spacial score (nSPS) is 12.9. The number of hydrogen-bond donors (Lipinski definition) is 2. The number of aliphatic hydroxyl groups excluding tert-OH is 1. The molecule has 0 aliphatic carbocycles. The fourth-order valence-corrected chi connectivity index (χ4v) is 1.39. The maximum absolute atomic E-state index is 12.5. The molecule has 0 fully saturated rings. The molecule has 8 heteroatoms. The van der Waals surface area contributed by atoms with E-state index in [1.165, 1.54) is 0 Å². The van der Waals surface area contributed by atoms with Gasteiger partial charge < -0.3 is 10.8 Å². The lowest BCUT2D eigenvalue weighted by atomic mass is 9.98. The van der Waals surface area contributed by atoms with E-state index in [9.17, 15) is 26.3 Å². The van der Waals surface area contributed by atoms with Crippen molar-refractivity contribution in [3.8, 4) is 0 Å². The average molecular weight is 259 g/mol. The smallest absolute Gasteiger partial charge is 0.398 e. The average Bonchev–Trinajstić information content (AvgIpc) is 2.13. The Hall–Kier alpha value is -1.44. The van der Waals surface area contributed by atoms with E-state index in [1.807, 2.05) is 0 Å². The zero-order valence-corrected chi connectivity index (χ0v) is 8.15. The van der Waals surface area contributed by atoms with Gasteiger partial charge in [-0.2, -0.15) is 26.3 Å². The molecule has 96 valence electrons. The summed E-state index contributed by atoms with van der Waals surface area (Å²) in [6.45, 7) is -1.22. The monoisotopic (exact) mass is 259 g/mol. The van der Waals surface area contributed by atoms with Gasteiger partial charge in [0.1, 0.15) is 0 Å². The van der Waals surface area contributed by atoms with Gasteiger partial charge in [0.2, 0.25) is 0 Å². The van der Waals surface area contributed by atoms with Crippen molar-refractivity contribution >= 4 is 5.69 Å². The summed E-state index contributed by atoms with van der Waals surface area (Å²) < 4.78 is 74.8. The van der Waals surface area contributed by atoms with E-state index < -0.39 is 41.3 Å². The van der Waals surface area contributed by atoms with Crippen molar-refractivity contribution in [1.82, 2.24) is 0 Å². The molecule has 1 rings (SSSR count). The van der Waals surface area contributed by atoms with Crippen LogP contribution < -0.4 is 5.73 Å². The summed E-state index contributed by atoms with van der Waals surface area (Å²) in [5, 5.41) is 8.71. The number of anilines is 1. The fourth-order valence-electron chi connectivity index (χ4n) is 1.39. The molecule has 0 unspecified atom stereocenters. The Bertz CT molecular complexity index is 423. The Kier molecular flexibility index (Phi) is 3.28. The third-order valence-corrected chi connectivity index (χ3v) is 2.10. The molecular formula is C9H7F6NO. The molecule has 0 saturated carbocycles. The van der Waals surface area contributed by atoms with Gasteiger partial charge in [0.05, 0.1) is 17.7 Å². The van der Waals surface area contributed by atoms with Crippen molar-refractivity contribution in [3.63, 3.8) is 0 Å². The maximum atomic E-state index is 12.5. The third-order valence-electron chi connectivity index (χ3n) is 2.10. The molecule has 0 heterocycles. The number of rotatable bonds is 1. The standard InChI is InChI=1S/C9H7F6NO/c10-8(11,12)5-1-2-6(16)4(3-17)7(5)9(13,14)15/h1-2,17H,3,16H2. The predicted octanol–water partition coefficient (Wildman–Crippen LogP) is 2.80. The molecule has 17 heavy (non-hydrogen) atoms. The molecular weight excluding hydrogens is 252 g/mol. The van der Waals surface area contributed by atoms with Gasteiger partial charge in [-0.1, -0.05) is 0 Å². The minimum absolute atomic E-state index is 0.247. The Morgan fingerprint density at radius 2 is 1.53 bits per heavy atom. The summed E-state index contributed by atoms with van der Waals surface area (Å²) in [5.41, 5.74) is -0.182. The molecule has 0 saturated heterocycles. The van der Waals surface area contributed by atoms with E-state index in [-0.39, 0.29) is 6.07 Å². The molecule has 0 radical (unpaired) electrons. The van der Waals surface area contributed by atoms with Gasteiger partial charge in [-0.25, -0.2) is 0 Å². The van der Waals surface area contributed by atoms with Crippen LogP contribution in [0.1, 0.15) is 16.7 Å². The van der Waals surface area contributed by atoms with Crippen LogP contribution in [0.2, 0.25) is 0 Å². The summed E-state index contributed by atoms with van der Waals surface area (Å²) in [6.07, 6.45) is -10.4. The van der Waals surface area contributed by atoms with E-state index >= 15 is 0 Å². The van der Waals surface area contributed by atoms with Crippen molar-refractivity contribution < 1.29 is 31.4 Å². The SMILES string of the molecule is Nc1ccc(C(F)(F)F)c(C(F)(F)F)c1CO. The van der Waals surface area contributed by atoms with E-state index in [2.05, 4.69) is 0 Å². The number of alkyl halides is 6. The highest BCUT2D eigenvalue weighted by Crippen LogP contribution is 2.43. The lowest BCUT2D eigenvalue weighted by Crippen LogP contribution is -2.20. The van der Waals surface area contributed by atoms with Crippen molar-refractivity contribution in [2.45, 2.75) is 19.0 Å². The number of nitrogen functional groups attached to an aromatic ring is 1. The van der Waals surface area contributed by atoms with Gasteiger partial charge in [-0.15, -0.1) is 0 Å². The first kappa shape index (κ1) is 13.6. The predicted molar refractivity (Wildman–Crippen MR) is 46.8 cm³/mol. The van der Waals surface area contributed by atoms with E-state index in [1.54, 1.807) is 0 Å². The van der Waals surface area contributed by atoms with Crippen LogP contribution in [0.25, 0.3) is 0 Å². The van der Waals surface area contributed by atoms with Crippen LogP contribution >= 0.6 is 0 Å². The molecule has 1 aromatic carbocycles. The zero-order chi connectivity index (χ0) is 13.4. The molecule has 0 amide bonds. The summed E-state index contributed by atoms with van der Waals surface area (Å²) in [6, 6.07) is 0.931. The number of benzene rings is 1. The highest BCUT2D eigenvalue weighted by atomic mass is 19.4.